The van der Waals surface area contributed by atoms with Gasteiger partial charge in [-0.05, 0) is 12.5 Å². The van der Waals surface area contributed by atoms with Gasteiger partial charge in [0.15, 0.2) is 5.78 Å². The Bertz CT molecular complexity index is 466. The number of Topliss-reactive ketones (excluding diaryl/α,β-unsaturated/α-hetero) is 1. The Morgan fingerprint density at radius 2 is 1.79 bits per heavy atom. The smallest absolute Gasteiger partial charge is 0.417 e. The molecule has 0 bridgehead atoms. The fourth-order valence-electron chi connectivity index (χ4n) is 1.60. The molecule has 19 heavy (non-hydrogen) atoms. The highest BCUT2D eigenvalue weighted by Crippen LogP contribution is 2.32. The van der Waals surface area contributed by atoms with Crippen molar-refractivity contribution in [3.05, 3.63) is 35.4 Å². The van der Waals surface area contributed by atoms with Gasteiger partial charge in [0.2, 0.25) is 0 Å². The largest absolute Gasteiger partial charge is 0.469 e. The molecule has 104 valence electrons. The second-order valence-electron chi connectivity index (χ2n) is 3.90. The Morgan fingerprint density at radius 1 is 1.16 bits per heavy atom. The molecule has 1 aromatic carbocycles. The molecule has 0 spiro atoms. The SMILES string of the molecule is COC(=O)CCCC(=O)c1ccccc1C(F)(F)F. The van der Waals surface area contributed by atoms with Gasteiger partial charge < -0.3 is 4.74 Å². The van der Waals surface area contributed by atoms with Gasteiger partial charge in [0.25, 0.3) is 0 Å². The van der Waals surface area contributed by atoms with Gasteiger partial charge in [-0.2, -0.15) is 13.2 Å². The number of rotatable bonds is 5. The lowest BCUT2D eigenvalue weighted by Gasteiger charge is -2.11. The summed E-state index contributed by atoms with van der Waals surface area (Å²) in [6.07, 6.45) is -4.51. The number of hydrogen-bond acceptors (Lipinski definition) is 3. The molecule has 0 unspecified atom stereocenters. The van der Waals surface area contributed by atoms with Gasteiger partial charge in [-0.25, -0.2) is 0 Å². The molecule has 0 fully saturated rings. The molecule has 1 rings (SSSR count). The molecule has 0 N–H and O–H groups in total. The quantitative estimate of drug-likeness (QED) is 0.611. The van der Waals surface area contributed by atoms with Gasteiger partial charge >= 0.3 is 12.1 Å². The molecule has 0 heterocycles. The minimum atomic E-state index is -4.56. The summed E-state index contributed by atoms with van der Waals surface area (Å²) in [5.74, 6) is -1.12. The fraction of sp³-hybridized carbons (Fsp3) is 0.385. The van der Waals surface area contributed by atoms with Crippen LogP contribution in [0.25, 0.3) is 0 Å². The minimum absolute atomic E-state index is 0.0103. The average Bonchev–Trinajstić information content (AvgIpc) is 2.37. The maximum Gasteiger partial charge on any atom is 0.417 e. The zero-order valence-electron chi connectivity index (χ0n) is 10.3. The predicted molar refractivity (Wildman–Crippen MR) is 61.6 cm³/mol. The number of benzene rings is 1. The molecule has 0 radical (unpaired) electrons. The number of ketones is 1. The third kappa shape index (κ3) is 4.39. The summed E-state index contributed by atoms with van der Waals surface area (Å²) in [5, 5.41) is 0. The molecule has 0 aromatic heterocycles. The molecule has 0 saturated heterocycles. The van der Waals surface area contributed by atoms with E-state index in [4.69, 9.17) is 0 Å². The van der Waals surface area contributed by atoms with Gasteiger partial charge in [-0.1, -0.05) is 18.2 Å². The summed E-state index contributed by atoms with van der Waals surface area (Å²) in [6, 6.07) is 4.62. The Morgan fingerprint density at radius 3 is 2.37 bits per heavy atom. The van der Waals surface area contributed by atoms with Crippen LogP contribution in [0.2, 0.25) is 0 Å². The number of methoxy groups -OCH3 is 1. The van der Waals surface area contributed by atoms with E-state index >= 15 is 0 Å². The molecular weight excluding hydrogens is 261 g/mol. The van der Waals surface area contributed by atoms with Crippen LogP contribution in [-0.2, 0) is 15.7 Å². The first kappa shape index (κ1) is 15.2. The van der Waals surface area contributed by atoms with Crippen LogP contribution in [0.5, 0.6) is 0 Å². The number of ether oxygens (including phenoxy) is 1. The van der Waals surface area contributed by atoms with Crippen molar-refractivity contribution < 1.29 is 27.5 Å². The molecule has 0 aliphatic carbocycles. The molecular formula is C13H13F3O3. The van der Waals surface area contributed by atoms with Gasteiger partial charge in [0, 0.05) is 18.4 Å². The van der Waals surface area contributed by atoms with Crippen molar-refractivity contribution in [1.82, 2.24) is 0 Å². The van der Waals surface area contributed by atoms with Crippen molar-refractivity contribution in [2.75, 3.05) is 7.11 Å². The molecule has 0 aliphatic heterocycles. The average molecular weight is 274 g/mol. The van der Waals surface area contributed by atoms with Crippen molar-refractivity contribution in [3.8, 4) is 0 Å². The zero-order valence-corrected chi connectivity index (χ0v) is 10.3. The first-order valence-corrected chi connectivity index (χ1v) is 5.62. The van der Waals surface area contributed by atoms with Crippen LogP contribution in [0, 0.1) is 0 Å². The van der Waals surface area contributed by atoms with E-state index in [0.29, 0.717) is 0 Å². The molecule has 0 atom stereocenters. The molecule has 3 nitrogen and oxygen atoms in total. The van der Waals surface area contributed by atoms with Crippen LogP contribution in [0.1, 0.15) is 35.2 Å². The van der Waals surface area contributed by atoms with Crippen molar-refractivity contribution in [2.45, 2.75) is 25.4 Å². The lowest BCUT2D eigenvalue weighted by molar-refractivity contribution is -0.141. The van der Waals surface area contributed by atoms with Crippen LogP contribution in [0.15, 0.2) is 24.3 Å². The van der Waals surface area contributed by atoms with E-state index in [2.05, 4.69) is 4.74 Å². The highest BCUT2D eigenvalue weighted by molar-refractivity contribution is 5.97. The van der Waals surface area contributed by atoms with E-state index in [1.807, 2.05) is 0 Å². The normalized spacial score (nSPS) is 11.2. The standard InChI is InChI=1S/C13H13F3O3/c1-19-12(18)8-4-7-11(17)9-5-2-3-6-10(9)13(14,15)16/h2-3,5-6H,4,7-8H2,1H3. The van der Waals surface area contributed by atoms with Crippen LogP contribution in [0.3, 0.4) is 0 Å². The van der Waals surface area contributed by atoms with Crippen molar-refractivity contribution >= 4 is 11.8 Å². The van der Waals surface area contributed by atoms with Crippen molar-refractivity contribution in [3.63, 3.8) is 0 Å². The molecule has 0 amide bonds. The Hall–Kier alpha value is -1.85. The van der Waals surface area contributed by atoms with Crippen LogP contribution < -0.4 is 0 Å². The number of halogens is 3. The zero-order chi connectivity index (χ0) is 14.5. The second-order valence-corrected chi connectivity index (χ2v) is 3.90. The lowest BCUT2D eigenvalue weighted by atomic mass is 9.99. The summed E-state index contributed by atoms with van der Waals surface area (Å²) in [4.78, 5) is 22.6. The van der Waals surface area contributed by atoms with Gasteiger partial charge in [-0.3, -0.25) is 9.59 Å². The number of hydrogen-bond donors (Lipinski definition) is 0. The Labute approximate surface area is 108 Å². The van der Waals surface area contributed by atoms with Crippen molar-refractivity contribution in [1.29, 1.82) is 0 Å². The van der Waals surface area contributed by atoms with Crippen molar-refractivity contribution in [2.24, 2.45) is 0 Å². The summed E-state index contributed by atoms with van der Waals surface area (Å²) in [7, 11) is 1.21. The van der Waals surface area contributed by atoms with Gasteiger partial charge in [0.05, 0.1) is 12.7 Å². The van der Waals surface area contributed by atoms with E-state index in [0.717, 1.165) is 12.1 Å². The summed E-state index contributed by atoms with van der Waals surface area (Å²) >= 11 is 0. The number of carbonyl (C=O) groups is 2. The number of esters is 1. The number of alkyl halides is 3. The summed E-state index contributed by atoms with van der Waals surface area (Å²) < 4.78 is 42.4. The molecule has 6 heteroatoms. The first-order valence-electron chi connectivity index (χ1n) is 5.62. The fourth-order valence-corrected chi connectivity index (χ4v) is 1.60. The maximum atomic E-state index is 12.7. The highest BCUT2D eigenvalue weighted by Gasteiger charge is 2.34. The Balaban J connectivity index is 2.75. The van der Waals surface area contributed by atoms with Gasteiger partial charge in [-0.15, -0.1) is 0 Å². The van der Waals surface area contributed by atoms with Crippen LogP contribution in [0.4, 0.5) is 13.2 Å². The minimum Gasteiger partial charge on any atom is -0.469 e. The maximum absolute atomic E-state index is 12.7. The highest BCUT2D eigenvalue weighted by atomic mass is 19.4. The molecule has 0 saturated carbocycles. The van der Waals surface area contributed by atoms with Gasteiger partial charge in [0.1, 0.15) is 0 Å². The third-order valence-corrected chi connectivity index (χ3v) is 2.55. The van der Waals surface area contributed by atoms with E-state index in [-0.39, 0.29) is 24.8 Å². The van der Waals surface area contributed by atoms with E-state index < -0.39 is 23.5 Å². The summed E-state index contributed by atoms with van der Waals surface area (Å²) in [5.41, 5.74) is -1.31. The Kier molecular flexibility index (Phi) is 5.09. The van der Waals surface area contributed by atoms with E-state index in [1.165, 1.54) is 19.2 Å². The third-order valence-electron chi connectivity index (χ3n) is 2.55. The first-order chi connectivity index (χ1) is 8.86. The molecule has 0 aliphatic rings. The molecule has 1 aromatic rings. The van der Waals surface area contributed by atoms with E-state index in [1.54, 1.807) is 0 Å². The monoisotopic (exact) mass is 274 g/mol. The van der Waals surface area contributed by atoms with Crippen LogP contribution >= 0.6 is 0 Å². The lowest BCUT2D eigenvalue weighted by Crippen LogP contribution is -2.13. The topological polar surface area (TPSA) is 43.4 Å². The predicted octanol–water partition coefficient (Wildman–Crippen LogP) is 3.23. The van der Waals surface area contributed by atoms with Crippen LogP contribution in [-0.4, -0.2) is 18.9 Å². The summed E-state index contributed by atoms with van der Waals surface area (Å²) in [6.45, 7) is 0. The van der Waals surface area contributed by atoms with E-state index in [9.17, 15) is 22.8 Å². The second kappa shape index (κ2) is 6.36. The number of carbonyl (C=O) groups excluding carboxylic acids is 2.